The van der Waals surface area contributed by atoms with E-state index in [4.69, 9.17) is 9.47 Å². The van der Waals surface area contributed by atoms with Crippen molar-refractivity contribution in [2.45, 2.75) is 13.8 Å². The van der Waals surface area contributed by atoms with E-state index in [9.17, 15) is 14.7 Å². The molecule has 0 atom stereocenters. The van der Waals surface area contributed by atoms with Crippen LogP contribution in [-0.4, -0.2) is 47.3 Å². The van der Waals surface area contributed by atoms with E-state index in [2.05, 4.69) is 20.9 Å². The number of benzene rings is 2. The van der Waals surface area contributed by atoms with E-state index in [-0.39, 0.29) is 11.5 Å². The number of rotatable bonds is 7. The van der Waals surface area contributed by atoms with Crippen LogP contribution in [0.4, 0.5) is 5.69 Å². The average molecular weight is 505 g/mol. The SMILES string of the molecule is CCOc1cc(/C=C2\SC(=Nc3cccc(C(=O)O)c3)N(CC)C2=O)cc(Br)c1OC. The van der Waals surface area contributed by atoms with Gasteiger partial charge in [0.15, 0.2) is 16.7 Å². The molecule has 2 aromatic rings. The van der Waals surface area contributed by atoms with Gasteiger partial charge in [-0.15, -0.1) is 0 Å². The second-order valence-corrected chi connectivity index (χ2v) is 8.24. The third-order valence-electron chi connectivity index (χ3n) is 4.36. The van der Waals surface area contributed by atoms with Gasteiger partial charge in [-0.05, 0) is 83.5 Å². The topological polar surface area (TPSA) is 88.4 Å². The normalized spacial score (nSPS) is 16.3. The zero-order chi connectivity index (χ0) is 22.5. The highest BCUT2D eigenvalue weighted by atomic mass is 79.9. The van der Waals surface area contributed by atoms with E-state index in [0.717, 1.165) is 10.0 Å². The minimum Gasteiger partial charge on any atom is -0.492 e. The van der Waals surface area contributed by atoms with Crippen molar-refractivity contribution >= 4 is 56.5 Å². The molecule has 2 aromatic carbocycles. The molecule has 0 saturated carbocycles. The van der Waals surface area contributed by atoms with Crippen molar-refractivity contribution in [2.75, 3.05) is 20.3 Å². The molecule has 0 radical (unpaired) electrons. The molecule has 1 N–H and O–H groups in total. The molecule has 1 heterocycles. The Bertz CT molecular complexity index is 1080. The molecule has 0 unspecified atom stereocenters. The lowest BCUT2D eigenvalue weighted by atomic mass is 10.2. The fraction of sp³-hybridized carbons (Fsp3) is 0.227. The lowest BCUT2D eigenvalue weighted by molar-refractivity contribution is -0.122. The Kier molecular flexibility index (Phi) is 7.40. The maximum atomic E-state index is 12.9. The molecule has 9 heteroatoms. The zero-order valence-corrected chi connectivity index (χ0v) is 19.6. The van der Waals surface area contributed by atoms with Gasteiger partial charge >= 0.3 is 5.97 Å². The number of amides is 1. The minimum atomic E-state index is -1.03. The van der Waals surface area contributed by atoms with Gasteiger partial charge in [-0.25, -0.2) is 9.79 Å². The van der Waals surface area contributed by atoms with E-state index in [1.54, 1.807) is 30.2 Å². The molecular weight excluding hydrogens is 484 g/mol. The molecule has 1 fully saturated rings. The number of methoxy groups -OCH3 is 1. The Morgan fingerprint density at radius 3 is 2.71 bits per heavy atom. The van der Waals surface area contributed by atoms with E-state index < -0.39 is 5.97 Å². The number of ether oxygens (including phenoxy) is 2. The van der Waals surface area contributed by atoms with Gasteiger partial charge in [0.05, 0.1) is 34.3 Å². The number of amidine groups is 1. The summed E-state index contributed by atoms with van der Waals surface area (Å²) < 4.78 is 11.8. The monoisotopic (exact) mass is 504 g/mol. The number of aliphatic imine (C=N–C) groups is 1. The summed E-state index contributed by atoms with van der Waals surface area (Å²) in [5, 5.41) is 9.69. The zero-order valence-electron chi connectivity index (χ0n) is 17.2. The molecule has 1 aliphatic heterocycles. The first kappa shape index (κ1) is 22.9. The summed E-state index contributed by atoms with van der Waals surface area (Å²) in [4.78, 5) is 30.7. The summed E-state index contributed by atoms with van der Waals surface area (Å²) in [5.41, 5.74) is 1.39. The maximum Gasteiger partial charge on any atom is 0.335 e. The van der Waals surface area contributed by atoms with Gasteiger partial charge in [0.2, 0.25) is 0 Å². The lowest BCUT2D eigenvalue weighted by Crippen LogP contribution is -2.28. The van der Waals surface area contributed by atoms with E-state index >= 15 is 0 Å². The molecule has 0 bridgehead atoms. The number of hydrogen-bond acceptors (Lipinski definition) is 6. The highest BCUT2D eigenvalue weighted by molar-refractivity contribution is 9.10. The van der Waals surface area contributed by atoms with Gasteiger partial charge in [0.25, 0.3) is 5.91 Å². The molecule has 0 aromatic heterocycles. The van der Waals surface area contributed by atoms with Crippen molar-refractivity contribution in [1.82, 2.24) is 4.90 Å². The van der Waals surface area contributed by atoms with E-state index in [1.807, 2.05) is 26.0 Å². The first-order valence-corrected chi connectivity index (χ1v) is 11.1. The smallest absolute Gasteiger partial charge is 0.335 e. The molecule has 3 rings (SSSR count). The third kappa shape index (κ3) is 5.11. The van der Waals surface area contributed by atoms with Crippen molar-refractivity contribution in [3.63, 3.8) is 0 Å². The minimum absolute atomic E-state index is 0.140. The van der Waals surface area contributed by atoms with E-state index in [1.165, 1.54) is 23.9 Å². The number of carboxylic acid groups (broad SMARTS) is 1. The van der Waals surface area contributed by atoms with Gasteiger partial charge in [-0.1, -0.05) is 6.07 Å². The number of hydrogen-bond donors (Lipinski definition) is 1. The van der Waals surface area contributed by atoms with Gasteiger partial charge in [0, 0.05) is 6.54 Å². The first-order chi connectivity index (χ1) is 14.9. The van der Waals surface area contributed by atoms with Crippen LogP contribution in [0.2, 0.25) is 0 Å². The summed E-state index contributed by atoms with van der Waals surface area (Å²) >= 11 is 4.73. The Labute approximate surface area is 192 Å². The number of likely N-dealkylation sites (N-methyl/N-ethyl adjacent to an activating group) is 1. The molecule has 1 saturated heterocycles. The van der Waals surface area contributed by atoms with Gasteiger partial charge in [0.1, 0.15) is 0 Å². The standard InChI is InChI=1S/C22H21BrN2O5S/c1-4-25-20(26)18(11-13-9-16(23)19(29-3)17(10-13)30-5-2)31-22(25)24-15-8-6-7-14(12-15)21(27)28/h6-12H,4-5H2,1-3H3,(H,27,28)/b18-11-,24-22?. The summed E-state index contributed by atoms with van der Waals surface area (Å²) in [7, 11) is 1.57. The van der Waals surface area contributed by atoms with Crippen LogP contribution in [0.5, 0.6) is 11.5 Å². The fourth-order valence-electron chi connectivity index (χ4n) is 2.97. The molecule has 31 heavy (non-hydrogen) atoms. The number of thioether (sulfide) groups is 1. The third-order valence-corrected chi connectivity index (χ3v) is 5.95. The fourth-order valence-corrected chi connectivity index (χ4v) is 4.66. The van der Waals surface area contributed by atoms with Crippen molar-refractivity contribution in [3.8, 4) is 11.5 Å². The summed E-state index contributed by atoms with van der Waals surface area (Å²) in [6.45, 7) is 4.67. The second-order valence-electron chi connectivity index (χ2n) is 6.38. The molecule has 7 nitrogen and oxygen atoms in total. The van der Waals surface area contributed by atoms with Crippen LogP contribution < -0.4 is 9.47 Å². The van der Waals surface area contributed by atoms with Crippen LogP contribution in [-0.2, 0) is 4.79 Å². The Morgan fingerprint density at radius 2 is 2.06 bits per heavy atom. The molecule has 1 aliphatic rings. The molecule has 162 valence electrons. The molecule has 1 amide bonds. The Morgan fingerprint density at radius 1 is 1.29 bits per heavy atom. The Hall–Kier alpha value is -2.78. The van der Waals surface area contributed by atoms with Crippen molar-refractivity contribution in [2.24, 2.45) is 4.99 Å². The van der Waals surface area contributed by atoms with Crippen molar-refractivity contribution < 1.29 is 24.2 Å². The van der Waals surface area contributed by atoms with E-state index in [0.29, 0.717) is 40.4 Å². The summed E-state index contributed by atoms with van der Waals surface area (Å²) in [6, 6.07) is 9.97. The number of aromatic carboxylic acids is 1. The summed E-state index contributed by atoms with van der Waals surface area (Å²) in [6.07, 6.45) is 1.78. The molecule has 0 aliphatic carbocycles. The Balaban J connectivity index is 1.97. The van der Waals surface area contributed by atoms with Crippen molar-refractivity contribution in [1.29, 1.82) is 0 Å². The largest absolute Gasteiger partial charge is 0.492 e. The number of carbonyl (C=O) groups is 2. The number of carboxylic acids is 1. The van der Waals surface area contributed by atoms with Crippen LogP contribution >= 0.6 is 27.7 Å². The average Bonchev–Trinajstić information content (AvgIpc) is 3.02. The molecular formula is C22H21BrN2O5S. The van der Waals surface area contributed by atoms with Gasteiger partial charge in [-0.2, -0.15) is 0 Å². The molecule has 0 spiro atoms. The van der Waals surface area contributed by atoms with Crippen LogP contribution in [0.15, 0.2) is 50.8 Å². The van der Waals surface area contributed by atoms with Crippen molar-refractivity contribution in [3.05, 3.63) is 56.9 Å². The number of carbonyl (C=O) groups excluding carboxylic acids is 1. The quantitative estimate of drug-likeness (QED) is 0.522. The predicted octanol–water partition coefficient (Wildman–Crippen LogP) is 5.18. The number of nitrogens with zero attached hydrogens (tertiary/aromatic N) is 2. The first-order valence-electron chi connectivity index (χ1n) is 9.51. The van der Waals surface area contributed by atoms with Crippen LogP contribution in [0.3, 0.4) is 0 Å². The van der Waals surface area contributed by atoms with Gasteiger partial charge < -0.3 is 14.6 Å². The highest BCUT2D eigenvalue weighted by Gasteiger charge is 2.32. The van der Waals surface area contributed by atoms with Gasteiger partial charge in [-0.3, -0.25) is 9.69 Å². The highest BCUT2D eigenvalue weighted by Crippen LogP contribution is 2.39. The van der Waals surface area contributed by atoms with Crippen LogP contribution in [0.1, 0.15) is 29.8 Å². The lowest BCUT2D eigenvalue weighted by Gasteiger charge is -2.12. The second kappa shape index (κ2) is 10.0. The number of halogens is 1. The van der Waals surface area contributed by atoms with Crippen LogP contribution in [0, 0.1) is 0 Å². The predicted molar refractivity (Wildman–Crippen MR) is 125 cm³/mol. The maximum absolute atomic E-state index is 12.9. The van der Waals surface area contributed by atoms with Crippen LogP contribution in [0.25, 0.3) is 6.08 Å². The summed E-state index contributed by atoms with van der Waals surface area (Å²) in [5.74, 6) is -0.0237.